The number of nitrogens with zero attached hydrogens (tertiary/aromatic N) is 2. The summed E-state index contributed by atoms with van der Waals surface area (Å²) in [7, 11) is 0. The number of furan rings is 1. The number of hydrogen-bond donors (Lipinski definition) is 1. The molecule has 30 heavy (non-hydrogen) atoms. The summed E-state index contributed by atoms with van der Waals surface area (Å²) in [6, 6.07) is 14.5. The van der Waals surface area contributed by atoms with Crippen molar-refractivity contribution in [2.75, 3.05) is 6.61 Å². The molecule has 0 unspecified atom stereocenters. The van der Waals surface area contributed by atoms with Gasteiger partial charge in [0.05, 0.1) is 23.4 Å². The van der Waals surface area contributed by atoms with Gasteiger partial charge in [0.25, 0.3) is 5.91 Å². The van der Waals surface area contributed by atoms with E-state index >= 15 is 0 Å². The number of aromatic nitrogens is 1. The third kappa shape index (κ3) is 4.03. The topological polar surface area (TPSA) is 105 Å². The Balaban J connectivity index is 1.52. The number of amides is 1. The summed E-state index contributed by atoms with van der Waals surface area (Å²) in [6.45, 7) is -0.449. The monoisotopic (exact) mass is 403 g/mol. The van der Waals surface area contributed by atoms with E-state index < -0.39 is 24.0 Å². The number of ether oxygens (including phenoxy) is 1. The third-order valence-corrected chi connectivity index (χ3v) is 5.34. The van der Waals surface area contributed by atoms with Crippen molar-refractivity contribution >= 4 is 22.8 Å². The molecule has 2 aromatic heterocycles. The molecule has 0 radical (unpaired) electrons. The van der Waals surface area contributed by atoms with Crippen LogP contribution in [0.2, 0.25) is 0 Å². The van der Waals surface area contributed by atoms with Gasteiger partial charge < -0.3 is 14.5 Å². The highest BCUT2D eigenvalue weighted by Gasteiger charge is 2.33. The molecule has 152 valence electrons. The maximum absolute atomic E-state index is 12.8. The molecule has 7 nitrogen and oxygen atoms in total. The Morgan fingerprint density at radius 3 is 2.70 bits per heavy atom. The molecule has 4 rings (SSSR count). The smallest absolute Gasteiger partial charge is 0.339 e. The number of fused-ring (bicyclic) bond motifs is 1. The lowest BCUT2D eigenvalue weighted by atomic mass is 9.83. The molecule has 1 N–H and O–H groups in total. The number of nitriles is 1. The summed E-state index contributed by atoms with van der Waals surface area (Å²) in [5.74, 6) is -0.580. The quantitative estimate of drug-likeness (QED) is 0.646. The third-order valence-electron chi connectivity index (χ3n) is 5.34. The van der Waals surface area contributed by atoms with E-state index in [2.05, 4.69) is 16.4 Å². The lowest BCUT2D eigenvalue weighted by Crippen LogP contribution is -2.50. The maximum atomic E-state index is 12.8. The molecular formula is C23H21N3O4. The molecule has 0 bridgehead atoms. The summed E-state index contributed by atoms with van der Waals surface area (Å²) in [5.41, 5.74) is 0.555. The molecule has 0 atom stereocenters. The van der Waals surface area contributed by atoms with Crippen LogP contribution in [-0.2, 0) is 9.53 Å². The zero-order valence-corrected chi connectivity index (χ0v) is 16.4. The van der Waals surface area contributed by atoms with Crippen molar-refractivity contribution in [3.63, 3.8) is 0 Å². The van der Waals surface area contributed by atoms with E-state index in [9.17, 15) is 14.9 Å². The van der Waals surface area contributed by atoms with Gasteiger partial charge in [-0.3, -0.25) is 4.79 Å². The van der Waals surface area contributed by atoms with Crippen molar-refractivity contribution in [1.82, 2.24) is 10.3 Å². The largest absolute Gasteiger partial charge is 0.463 e. The van der Waals surface area contributed by atoms with Gasteiger partial charge in [-0.05, 0) is 37.1 Å². The minimum atomic E-state index is -0.864. The Kier molecular flexibility index (Phi) is 5.48. The number of benzene rings is 1. The summed E-state index contributed by atoms with van der Waals surface area (Å²) < 4.78 is 10.7. The second kappa shape index (κ2) is 8.37. The minimum absolute atomic E-state index is 0.299. The van der Waals surface area contributed by atoms with Crippen LogP contribution in [0.1, 0.15) is 42.5 Å². The van der Waals surface area contributed by atoms with E-state index in [4.69, 9.17) is 9.15 Å². The van der Waals surface area contributed by atoms with Crippen LogP contribution >= 0.6 is 0 Å². The number of nitrogens with one attached hydrogen (secondary N) is 1. The molecule has 0 aliphatic heterocycles. The van der Waals surface area contributed by atoms with Crippen LogP contribution in [0.15, 0.2) is 53.1 Å². The van der Waals surface area contributed by atoms with Crippen molar-refractivity contribution in [1.29, 1.82) is 5.26 Å². The zero-order chi connectivity index (χ0) is 21.0. The number of carbonyl (C=O) groups excluding carboxylic acids is 2. The lowest BCUT2D eigenvalue weighted by molar-refractivity contribution is -0.125. The van der Waals surface area contributed by atoms with Gasteiger partial charge in [-0.15, -0.1) is 0 Å². The van der Waals surface area contributed by atoms with Crippen LogP contribution in [0.25, 0.3) is 22.4 Å². The highest BCUT2D eigenvalue weighted by Crippen LogP contribution is 2.28. The summed E-state index contributed by atoms with van der Waals surface area (Å²) in [6.07, 6.45) is 5.61. The van der Waals surface area contributed by atoms with Gasteiger partial charge in [0, 0.05) is 5.39 Å². The zero-order valence-electron chi connectivity index (χ0n) is 16.4. The average molecular weight is 403 g/mol. The molecule has 0 spiro atoms. The Bertz CT molecular complexity index is 1110. The average Bonchev–Trinajstić information content (AvgIpc) is 3.32. The SMILES string of the molecule is N#CC1(NC(=O)COC(=O)c2cc(-c3ccco3)nc3ccccc23)CCCCC1. The van der Waals surface area contributed by atoms with Crippen molar-refractivity contribution in [3.8, 4) is 17.5 Å². The van der Waals surface area contributed by atoms with E-state index in [1.165, 1.54) is 6.26 Å². The van der Waals surface area contributed by atoms with Gasteiger partial charge in [-0.2, -0.15) is 5.26 Å². The Labute approximate surface area is 173 Å². The number of rotatable bonds is 5. The van der Waals surface area contributed by atoms with Gasteiger partial charge in [0.2, 0.25) is 0 Å². The standard InChI is InChI=1S/C23H21N3O4/c24-15-23(10-4-1-5-11-23)26-21(27)14-30-22(28)17-13-19(20-9-6-12-29-20)25-18-8-3-2-7-16(17)18/h2-3,6-9,12-13H,1,4-5,10-11,14H2,(H,26,27). The van der Waals surface area contributed by atoms with E-state index in [0.717, 1.165) is 19.3 Å². The van der Waals surface area contributed by atoms with Crippen LogP contribution in [0, 0.1) is 11.3 Å². The van der Waals surface area contributed by atoms with Crippen molar-refractivity contribution in [2.24, 2.45) is 0 Å². The molecule has 3 aromatic rings. The molecule has 1 fully saturated rings. The maximum Gasteiger partial charge on any atom is 0.339 e. The number of esters is 1. The predicted octanol–water partition coefficient (Wildman–Crippen LogP) is 3.99. The predicted molar refractivity (Wildman–Crippen MR) is 109 cm³/mol. The van der Waals surface area contributed by atoms with Crippen molar-refractivity contribution < 1.29 is 18.7 Å². The van der Waals surface area contributed by atoms with E-state index in [1.807, 2.05) is 6.07 Å². The normalized spacial score (nSPS) is 15.3. The van der Waals surface area contributed by atoms with E-state index in [0.29, 0.717) is 40.8 Å². The number of pyridine rings is 1. The number of para-hydroxylation sites is 1. The fraction of sp³-hybridized carbons (Fsp3) is 0.304. The molecule has 1 saturated carbocycles. The summed E-state index contributed by atoms with van der Waals surface area (Å²) in [4.78, 5) is 29.7. The van der Waals surface area contributed by atoms with Crippen LogP contribution in [-0.4, -0.2) is 29.0 Å². The first-order chi connectivity index (χ1) is 14.6. The number of carbonyl (C=O) groups is 2. The highest BCUT2D eigenvalue weighted by atomic mass is 16.5. The molecule has 2 heterocycles. The minimum Gasteiger partial charge on any atom is -0.463 e. The first-order valence-corrected chi connectivity index (χ1v) is 9.93. The highest BCUT2D eigenvalue weighted by molar-refractivity contribution is 6.05. The molecule has 7 heteroatoms. The lowest BCUT2D eigenvalue weighted by Gasteiger charge is -2.31. The second-order valence-corrected chi connectivity index (χ2v) is 7.43. The number of hydrogen-bond acceptors (Lipinski definition) is 6. The molecule has 1 aliphatic rings. The molecular weight excluding hydrogens is 382 g/mol. The summed E-state index contributed by atoms with van der Waals surface area (Å²) in [5, 5.41) is 12.9. The van der Waals surface area contributed by atoms with Crippen molar-refractivity contribution in [2.45, 2.75) is 37.6 Å². The van der Waals surface area contributed by atoms with Gasteiger partial charge in [-0.25, -0.2) is 9.78 Å². The van der Waals surface area contributed by atoms with Crippen LogP contribution in [0.5, 0.6) is 0 Å². The fourth-order valence-electron chi connectivity index (χ4n) is 3.83. The van der Waals surface area contributed by atoms with Gasteiger partial charge in [0.1, 0.15) is 11.2 Å². The first kappa shape index (κ1) is 19.6. The molecule has 1 aliphatic carbocycles. The first-order valence-electron chi connectivity index (χ1n) is 9.93. The summed E-state index contributed by atoms with van der Waals surface area (Å²) >= 11 is 0. The van der Waals surface area contributed by atoms with E-state index in [-0.39, 0.29) is 0 Å². The Hall–Kier alpha value is -3.66. The van der Waals surface area contributed by atoms with Gasteiger partial charge in [0.15, 0.2) is 12.4 Å². The van der Waals surface area contributed by atoms with Crippen LogP contribution < -0.4 is 5.32 Å². The molecule has 0 saturated heterocycles. The van der Waals surface area contributed by atoms with Gasteiger partial charge in [-0.1, -0.05) is 37.5 Å². The second-order valence-electron chi connectivity index (χ2n) is 7.43. The van der Waals surface area contributed by atoms with E-state index in [1.54, 1.807) is 36.4 Å². The fourth-order valence-corrected chi connectivity index (χ4v) is 3.83. The van der Waals surface area contributed by atoms with Crippen LogP contribution in [0.3, 0.4) is 0 Å². The van der Waals surface area contributed by atoms with Gasteiger partial charge >= 0.3 is 5.97 Å². The van der Waals surface area contributed by atoms with Crippen molar-refractivity contribution in [3.05, 3.63) is 54.3 Å². The van der Waals surface area contributed by atoms with Crippen LogP contribution in [0.4, 0.5) is 0 Å². The Morgan fingerprint density at radius 2 is 1.97 bits per heavy atom. The molecule has 1 amide bonds. The Morgan fingerprint density at radius 1 is 1.17 bits per heavy atom. The molecule has 1 aromatic carbocycles.